The van der Waals surface area contributed by atoms with Gasteiger partial charge in [-0.2, -0.15) is 0 Å². The Morgan fingerprint density at radius 1 is 1.27 bits per heavy atom. The van der Waals surface area contributed by atoms with E-state index < -0.39 is 0 Å². The summed E-state index contributed by atoms with van der Waals surface area (Å²) >= 11 is 1.67. The standard InChI is InChI=1S/C11H13N3S/c1-9-3-2-4-13-10(9)7-12-8-11-14-5-6-15-11/h2-6,12H,7-8H2,1H3. The first-order valence-electron chi connectivity index (χ1n) is 4.86. The first-order valence-corrected chi connectivity index (χ1v) is 5.74. The number of nitrogens with zero attached hydrogens (tertiary/aromatic N) is 2. The van der Waals surface area contributed by atoms with Crippen molar-refractivity contribution in [3.63, 3.8) is 0 Å². The number of pyridine rings is 1. The van der Waals surface area contributed by atoms with E-state index in [1.165, 1.54) is 5.56 Å². The molecule has 0 aliphatic carbocycles. The summed E-state index contributed by atoms with van der Waals surface area (Å²) in [5, 5.41) is 6.43. The van der Waals surface area contributed by atoms with Gasteiger partial charge in [0, 0.05) is 30.9 Å². The molecular formula is C11H13N3S. The van der Waals surface area contributed by atoms with Crippen molar-refractivity contribution in [1.82, 2.24) is 15.3 Å². The van der Waals surface area contributed by atoms with Crippen molar-refractivity contribution in [2.24, 2.45) is 0 Å². The van der Waals surface area contributed by atoms with Crippen molar-refractivity contribution >= 4 is 11.3 Å². The average molecular weight is 219 g/mol. The average Bonchev–Trinajstić information content (AvgIpc) is 2.74. The summed E-state index contributed by atoms with van der Waals surface area (Å²) in [6.07, 6.45) is 3.65. The molecule has 0 radical (unpaired) electrons. The van der Waals surface area contributed by atoms with Crippen molar-refractivity contribution in [1.29, 1.82) is 0 Å². The van der Waals surface area contributed by atoms with Gasteiger partial charge in [0.05, 0.1) is 5.69 Å². The molecule has 2 heterocycles. The second-order valence-electron chi connectivity index (χ2n) is 3.30. The minimum absolute atomic E-state index is 0.798. The molecule has 0 aliphatic rings. The molecule has 0 aliphatic heterocycles. The summed E-state index contributed by atoms with van der Waals surface area (Å²) in [7, 11) is 0. The van der Waals surface area contributed by atoms with Crippen LogP contribution in [0.15, 0.2) is 29.9 Å². The number of hydrogen-bond donors (Lipinski definition) is 1. The van der Waals surface area contributed by atoms with Crippen LogP contribution in [0.1, 0.15) is 16.3 Å². The van der Waals surface area contributed by atoms with Gasteiger partial charge in [0.1, 0.15) is 5.01 Å². The molecule has 0 unspecified atom stereocenters. The second kappa shape index (κ2) is 5.00. The van der Waals surface area contributed by atoms with Gasteiger partial charge in [-0.25, -0.2) is 4.98 Å². The monoisotopic (exact) mass is 219 g/mol. The number of aromatic nitrogens is 2. The Morgan fingerprint density at radius 2 is 2.20 bits per heavy atom. The Bertz CT molecular complexity index is 412. The molecule has 0 saturated carbocycles. The molecule has 0 atom stereocenters. The number of rotatable bonds is 4. The molecule has 2 aromatic heterocycles. The molecule has 0 spiro atoms. The van der Waals surface area contributed by atoms with Gasteiger partial charge >= 0.3 is 0 Å². The first kappa shape index (κ1) is 10.3. The number of hydrogen-bond acceptors (Lipinski definition) is 4. The van der Waals surface area contributed by atoms with Gasteiger partial charge in [0.15, 0.2) is 0 Å². The molecule has 1 N–H and O–H groups in total. The number of aryl methyl sites for hydroxylation is 1. The van der Waals surface area contributed by atoms with Crippen LogP contribution in [0.4, 0.5) is 0 Å². The van der Waals surface area contributed by atoms with Crippen LogP contribution in [-0.4, -0.2) is 9.97 Å². The van der Waals surface area contributed by atoms with Gasteiger partial charge in [0.25, 0.3) is 0 Å². The topological polar surface area (TPSA) is 37.8 Å². The molecule has 0 fully saturated rings. The smallest absolute Gasteiger partial charge is 0.106 e. The first-order chi connectivity index (χ1) is 7.36. The van der Waals surface area contributed by atoms with Crippen LogP contribution in [-0.2, 0) is 13.1 Å². The minimum Gasteiger partial charge on any atom is -0.305 e. The van der Waals surface area contributed by atoms with Crippen LogP contribution in [0.25, 0.3) is 0 Å². The SMILES string of the molecule is Cc1cccnc1CNCc1nccs1. The molecule has 2 aromatic rings. The fourth-order valence-corrected chi connectivity index (χ4v) is 1.92. The summed E-state index contributed by atoms with van der Waals surface area (Å²) < 4.78 is 0. The predicted octanol–water partition coefficient (Wildman–Crippen LogP) is 2.14. The fraction of sp³-hybridized carbons (Fsp3) is 0.273. The predicted molar refractivity (Wildman–Crippen MR) is 61.6 cm³/mol. The maximum atomic E-state index is 4.32. The van der Waals surface area contributed by atoms with E-state index in [1.807, 2.05) is 23.8 Å². The Hall–Kier alpha value is -1.26. The van der Waals surface area contributed by atoms with E-state index in [0.717, 1.165) is 23.8 Å². The van der Waals surface area contributed by atoms with Gasteiger partial charge in [-0.05, 0) is 18.6 Å². The van der Waals surface area contributed by atoms with Crippen LogP contribution >= 0.6 is 11.3 Å². The molecule has 0 amide bonds. The van der Waals surface area contributed by atoms with Gasteiger partial charge in [0.2, 0.25) is 0 Å². The quantitative estimate of drug-likeness (QED) is 0.856. The van der Waals surface area contributed by atoms with Gasteiger partial charge in [-0.1, -0.05) is 6.07 Å². The van der Waals surface area contributed by atoms with Crippen molar-refractivity contribution in [3.05, 3.63) is 46.2 Å². The highest BCUT2D eigenvalue weighted by Gasteiger charge is 1.99. The molecule has 0 saturated heterocycles. The zero-order valence-corrected chi connectivity index (χ0v) is 9.42. The third-order valence-electron chi connectivity index (χ3n) is 2.17. The summed E-state index contributed by atoms with van der Waals surface area (Å²) in [5.41, 5.74) is 2.33. The van der Waals surface area contributed by atoms with Crippen LogP contribution in [0, 0.1) is 6.92 Å². The molecular weight excluding hydrogens is 206 g/mol. The zero-order valence-electron chi connectivity index (χ0n) is 8.60. The molecule has 0 bridgehead atoms. The van der Waals surface area contributed by atoms with Crippen molar-refractivity contribution < 1.29 is 0 Å². The highest BCUT2D eigenvalue weighted by Crippen LogP contribution is 2.05. The molecule has 3 nitrogen and oxygen atoms in total. The Labute approximate surface area is 93.2 Å². The minimum atomic E-state index is 0.798. The largest absolute Gasteiger partial charge is 0.305 e. The van der Waals surface area contributed by atoms with Crippen LogP contribution in [0.2, 0.25) is 0 Å². The van der Waals surface area contributed by atoms with E-state index >= 15 is 0 Å². The third kappa shape index (κ3) is 2.84. The lowest BCUT2D eigenvalue weighted by atomic mass is 10.2. The lowest BCUT2D eigenvalue weighted by molar-refractivity contribution is 0.673. The summed E-state index contributed by atoms with van der Waals surface area (Å²) in [6, 6.07) is 4.03. The molecule has 0 aromatic carbocycles. The van der Waals surface area contributed by atoms with E-state index in [-0.39, 0.29) is 0 Å². The Balaban J connectivity index is 1.86. The zero-order chi connectivity index (χ0) is 10.5. The highest BCUT2D eigenvalue weighted by atomic mass is 32.1. The molecule has 4 heteroatoms. The maximum Gasteiger partial charge on any atom is 0.106 e. The lowest BCUT2D eigenvalue weighted by Crippen LogP contribution is -2.14. The van der Waals surface area contributed by atoms with Crippen LogP contribution in [0.5, 0.6) is 0 Å². The second-order valence-corrected chi connectivity index (χ2v) is 4.28. The van der Waals surface area contributed by atoms with E-state index in [2.05, 4.69) is 28.3 Å². The van der Waals surface area contributed by atoms with E-state index in [4.69, 9.17) is 0 Å². The summed E-state index contributed by atoms with van der Waals surface area (Å²) in [6.45, 7) is 3.69. The number of nitrogens with one attached hydrogen (secondary N) is 1. The molecule has 2 rings (SSSR count). The van der Waals surface area contributed by atoms with Gasteiger partial charge in [-0.15, -0.1) is 11.3 Å². The van der Waals surface area contributed by atoms with Crippen molar-refractivity contribution in [2.75, 3.05) is 0 Å². The van der Waals surface area contributed by atoms with Crippen LogP contribution < -0.4 is 5.32 Å². The fourth-order valence-electron chi connectivity index (χ4n) is 1.33. The normalized spacial score (nSPS) is 10.5. The highest BCUT2D eigenvalue weighted by molar-refractivity contribution is 7.09. The lowest BCUT2D eigenvalue weighted by Gasteiger charge is -2.04. The van der Waals surface area contributed by atoms with Gasteiger partial charge in [-0.3, -0.25) is 4.98 Å². The third-order valence-corrected chi connectivity index (χ3v) is 2.95. The summed E-state index contributed by atoms with van der Waals surface area (Å²) in [5.74, 6) is 0. The molecule has 15 heavy (non-hydrogen) atoms. The van der Waals surface area contributed by atoms with Gasteiger partial charge < -0.3 is 5.32 Å². The van der Waals surface area contributed by atoms with E-state index in [9.17, 15) is 0 Å². The van der Waals surface area contributed by atoms with Crippen molar-refractivity contribution in [2.45, 2.75) is 20.0 Å². The maximum absolute atomic E-state index is 4.32. The van der Waals surface area contributed by atoms with E-state index in [0.29, 0.717) is 0 Å². The van der Waals surface area contributed by atoms with Crippen molar-refractivity contribution in [3.8, 4) is 0 Å². The number of thiazole rings is 1. The summed E-state index contributed by atoms with van der Waals surface area (Å²) in [4.78, 5) is 8.52. The van der Waals surface area contributed by atoms with Crippen LogP contribution in [0.3, 0.4) is 0 Å². The Morgan fingerprint density at radius 3 is 2.93 bits per heavy atom. The Kier molecular flexibility index (Phi) is 3.42. The molecule has 78 valence electrons. The van der Waals surface area contributed by atoms with E-state index in [1.54, 1.807) is 11.3 Å².